The number of allylic oxidation sites excluding steroid dienone is 2. The highest BCUT2D eigenvalue weighted by Crippen LogP contribution is 2.65. The minimum absolute atomic E-state index is 0.0908. The van der Waals surface area contributed by atoms with Crippen molar-refractivity contribution in [2.75, 3.05) is 11.9 Å². The minimum Gasteiger partial charge on any atom is -0.505 e. The van der Waals surface area contributed by atoms with Crippen LogP contribution < -0.4 is 4.90 Å². The molecule has 9 nitrogen and oxygen atoms in total. The summed E-state index contributed by atoms with van der Waals surface area (Å²) in [7, 11) is 1.24. The predicted molar refractivity (Wildman–Crippen MR) is 139 cm³/mol. The smallest absolute Gasteiger partial charge is 0.335 e. The zero-order chi connectivity index (χ0) is 28.9. The number of aromatic carboxylic acids is 1. The number of phenols is 1. The Labute approximate surface area is 236 Å². The molecule has 2 aliphatic heterocycles. The molecule has 4 amide bonds. The number of fused-ring (bicyclic) bond motifs is 4. The van der Waals surface area contributed by atoms with Gasteiger partial charge in [-0.3, -0.25) is 29.0 Å². The summed E-state index contributed by atoms with van der Waals surface area (Å²) in [5.74, 6) is -9.32. The van der Waals surface area contributed by atoms with Gasteiger partial charge in [0, 0.05) is 13.0 Å². The molecule has 2 aromatic carbocycles. The lowest BCUT2D eigenvalue weighted by molar-refractivity contribution is -0.138. The third kappa shape index (κ3) is 3.23. The summed E-state index contributed by atoms with van der Waals surface area (Å²) in [6, 6.07) is 8.94. The molecule has 0 radical (unpaired) electrons. The first-order valence-electron chi connectivity index (χ1n) is 12.4. The molecule has 2 saturated heterocycles. The second-order valence-electron chi connectivity index (χ2n) is 10.6. The number of carbonyl (C=O) groups excluding carboxylic acids is 4. The topological polar surface area (TPSA) is 132 Å². The van der Waals surface area contributed by atoms with E-state index in [0.717, 1.165) is 21.9 Å². The van der Waals surface area contributed by atoms with E-state index in [1.54, 1.807) is 6.08 Å². The number of alkyl halides is 2. The van der Waals surface area contributed by atoms with Crippen molar-refractivity contribution in [2.45, 2.75) is 28.5 Å². The molecule has 0 bridgehead atoms. The molecule has 0 spiro atoms. The second kappa shape index (κ2) is 8.62. The molecule has 0 aromatic heterocycles. The molecule has 6 rings (SSSR count). The number of carbonyl (C=O) groups is 5. The molecular formula is C28H21Cl2FN2O7. The summed E-state index contributed by atoms with van der Waals surface area (Å²) in [6.07, 6.45) is 1.55. The van der Waals surface area contributed by atoms with Gasteiger partial charge in [-0.15, -0.1) is 23.2 Å². The van der Waals surface area contributed by atoms with Crippen LogP contribution in [-0.2, 0) is 19.2 Å². The number of aromatic hydroxyl groups is 1. The lowest BCUT2D eigenvalue weighted by Crippen LogP contribution is -2.60. The highest BCUT2D eigenvalue weighted by atomic mass is 35.5. The Morgan fingerprint density at radius 1 is 1.02 bits per heavy atom. The Bertz CT molecular complexity index is 1590. The van der Waals surface area contributed by atoms with Crippen molar-refractivity contribution in [3.05, 3.63) is 71.1 Å². The summed E-state index contributed by atoms with van der Waals surface area (Å²) in [5.41, 5.74) is 0.627. The predicted octanol–water partition coefficient (Wildman–Crippen LogP) is 3.42. The number of hydrogen-bond donors (Lipinski definition) is 2. The van der Waals surface area contributed by atoms with E-state index in [2.05, 4.69) is 0 Å². The number of hydrogen-bond acceptors (Lipinski definition) is 6. The SMILES string of the molecule is CN1C(=O)C2(Cl)CC3C(=CCC4C(=O)N(c5cccc(C(=O)O)c5)C(=O)C43)C(c3ccc(O)c(F)c3)C2(Cl)C1=O. The van der Waals surface area contributed by atoms with E-state index in [0.29, 0.717) is 5.57 Å². The number of nitrogens with zero attached hydrogens (tertiary/aromatic N) is 2. The van der Waals surface area contributed by atoms with Crippen LogP contribution in [0.5, 0.6) is 5.75 Å². The van der Waals surface area contributed by atoms with Crippen molar-refractivity contribution in [1.82, 2.24) is 4.90 Å². The van der Waals surface area contributed by atoms with Crippen LogP contribution in [0.3, 0.4) is 0 Å². The Morgan fingerprint density at radius 3 is 2.42 bits per heavy atom. The normalized spacial score (nSPS) is 33.0. The summed E-state index contributed by atoms with van der Waals surface area (Å²) in [4.78, 5) is 63.6. The maximum Gasteiger partial charge on any atom is 0.335 e. The highest BCUT2D eigenvalue weighted by molar-refractivity contribution is 6.53. The highest BCUT2D eigenvalue weighted by Gasteiger charge is 2.75. The van der Waals surface area contributed by atoms with E-state index in [9.17, 15) is 38.6 Å². The molecule has 2 aromatic rings. The van der Waals surface area contributed by atoms with Gasteiger partial charge in [0.05, 0.1) is 23.1 Å². The standard InChI is InChI=1S/C28H21Cl2FN2O7/c1-32-25(39)27(29)11-17-15(21(28(27,30)26(32)40)12-5-8-19(34)18(31)10-12)6-7-16-20(17)23(36)33(22(16)35)14-4-2-3-13(9-14)24(37)38/h2-6,8-10,16-17,20-21,34H,7,11H2,1H3,(H,37,38). The van der Waals surface area contributed by atoms with Gasteiger partial charge in [0.2, 0.25) is 11.8 Å². The number of amides is 4. The van der Waals surface area contributed by atoms with Crippen molar-refractivity contribution >= 4 is 58.5 Å². The van der Waals surface area contributed by atoms with Crippen LogP contribution in [0.1, 0.15) is 34.7 Å². The van der Waals surface area contributed by atoms with Crippen LogP contribution in [-0.4, -0.2) is 61.5 Å². The zero-order valence-corrected chi connectivity index (χ0v) is 22.3. The maximum absolute atomic E-state index is 14.6. The Hall–Kier alpha value is -3.76. The Kier molecular flexibility index (Phi) is 5.70. The van der Waals surface area contributed by atoms with Gasteiger partial charge in [-0.1, -0.05) is 23.8 Å². The van der Waals surface area contributed by atoms with Crippen molar-refractivity contribution in [3.8, 4) is 5.75 Å². The number of halogens is 3. The molecule has 40 heavy (non-hydrogen) atoms. The third-order valence-corrected chi connectivity index (χ3v) is 10.1. The van der Waals surface area contributed by atoms with Gasteiger partial charge in [0.25, 0.3) is 11.8 Å². The van der Waals surface area contributed by atoms with Gasteiger partial charge in [-0.25, -0.2) is 9.18 Å². The van der Waals surface area contributed by atoms with E-state index in [1.807, 2.05) is 0 Å². The molecular weight excluding hydrogens is 566 g/mol. The molecule has 6 atom stereocenters. The van der Waals surface area contributed by atoms with E-state index in [1.165, 1.54) is 37.4 Å². The van der Waals surface area contributed by atoms with Gasteiger partial charge >= 0.3 is 5.97 Å². The van der Waals surface area contributed by atoms with Crippen molar-refractivity contribution < 1.29 is 38.6 Å². The lowest BCUT2D eigenvalue weighted by Gasteiger charge is -2.50. The Balaban J connectivity index is 1.50. The molecule has 206 valence electrons. The quantitative estimate of drug-likeness (QED) is 0.320. The van der Waals surface area contributed by atoms with Crippen molar-refractivity contribution in [3.63, 3.8) is 0 Å². The number of rotatable bonds is 3. The number of likely N-dealkylation sites (tertiary alicyclic amines) is 1. The Morgan fingerprint density at radius 2 is 1.75 bits per heavy atom. The number of benzene rings is 2. The molecule has 6 unspecified atom stereocenters. The molecule has 4 aliphatic rings. The third-order valence-electron chi connectivity index (χ3n) is 8.67. The summed E-state index contributed by atoms with van der Waals surface area (Å²) in [6.45, 7) is 0. The van der Waals surface area contributed by atoms with Gasteiger partial charge in [0.1, 0.15) is 0 Å². The fourth-order valence-electron chi connectivity index (χ4n) is 6.85. The lowest BCUT2D eigenvalue weighted by atomic mass is 9.56. The van der Waals surface area contributed by atoms with Gasteiger partial charge in [0.15, 0.2) is 21.3 Å². The van der Waals surface area contributed by atoms with Gasteiger partial charge < -0.3 is 10.2 Å². The van der Waals surface area contributed by atoms with Gasteiger partial charge in [-0.05, 0) is 54.7 Å². The van der Waals surface area contributed by atoms with Crippen LogP contribution in [0.25, 0.3) is 0 Å². The van der Waals surface area contributed by atoms with Crippen LogP contribution in [0, 0.1) is 23.6 Å². The second-order valence-corrected chi connectivity index (χ2v) is 11.8. The average Bonchev–Trinajstić information content (AvgIpc) is 3.25. The molecule has 1 saturated carbocycles. The number of anilines is 1. The van der Waals surface area contributed by atoms with E-state index < -0.39 is 74.6 Å². The largest absolute Gasteiger partial charge is 0.505 e. The van der Waals surface area contributed by atoms with E-state index in [4.69, 9.17) is 23.2 Å². The van der Waals surface area contributed by atoms with Crippen LogP contribution in [0.2, 0.25) is 0 Å². The molecule has 2 heterocycles. The number of carboxylic acid groups (broad SMARTS) is 1. The van der Waals surface area contributed by atoms with Gasteiger partial charge in [-0.2, -0.15) is 0 Å². The minimum atomic E-state index is -2.07. The van der Waals surface area contributed by atoms with Crippen molar-refractivity contribution in [2.24, 2.45) is 17.8 Å². The molecule has 2 aliphatic carbocycles. The number of phenolic OH excluding ortho intramolecular Hbond substituents is 1. The maximum atomic E-state index is 14.6. The summed E-state index contributed by atoms with van der Waals surface area (Å²) in [5, 5.41) is 19.2. The van der Waals surface area contributed by atoms with Crippen molar-refractivity contribution in [1.29, 1.82) is 0 Å². The summed E-state index contributed by atoms with van der Waals surface area (Å²) >= 11 is 14.0. The van der Waals surface area contributed by atoms with Crippen LogP contribution in [0.4, 0.5) is 10.1 Å². The fraction of sp³-hybridized carbons (Fsp3) is 0.321. The number of imide groups is 2. The number of carboxylic acids is 1. The van der Waals surface area contributed by atoms with E-state index in [-0.39, 0.29) is 29.7 Å². The first kappa shape index (κ1) is 26.5. The zero-order valence-electron chi connectivity index (χ0n) is 20.8. The molecule has 2 N–H and O–H groups in total. The monoisotopic (exact) mass is 586 g/mol. The molecule has 3 fully saturated rings. The fourth-order valence-corrected chi connectivity index (χ4v) is 7.87. The first-order chi connectivity index (χ1) is 18.8. The summed E-state index contributed by atoms with van der Waals surface area (Å²) < 4.78 is 14.6. The first-order valence-corrected chi connectivity index (χ1v) is 13.2. The van der Waals surface area contributed by atoms with Crippen LogP contribution >= 0.6 is 23.2 Å². The molecule has 12 heteroatoms. The van der Waals surface area contributed by atoms with Crippen LogP contribution in [0.15, 0.2) is 54.1 Å². The van der Waals surface area contributed by atoms with E-state index >= 15 is 0 Å². The average molecular weight is 587 g/mol.